The van der Waals surface area contributed by atoms with Gasteiger partial charge in [0.15, 0.2) is 0 Å². The number of nitrogens with zero attached hydrogens (tertiary/aromatic N) is 1. The molecule has 0 saturated heterocycles. The van der Waals surface area contributed by atoms with E-state index in [0.717, 1.165) is 12.1 Å². The topological polar surface area (TPSA) is 92.8 Å². The van der Waals surface area contributed by atoms with E-state index in [2.05, 4.69) is 5.32 Å². The van der Waals surface area contributed by atoms with Crippen molar-refractivity contribution in [2.24, 2.45) is 0 Å². The summed E-state index contributed by atoms with van der Waals surface area (Å²) in [6, 6.07) is 11.2. The van der Waals surface area contributed by atoms with Crippen LogP contribution in [0.5, 0.6) is 5.75 Å². The Hall–Kier alpha value is -3.20. The van der Waals surface area contributed by atoms with Gasteiger partial charge in [-0.1, -0.05) is 0 Å². The van der Waals surface area contributed by atoms with Crippen LogP contribution >= 0.6 is 0 Å². The zero-order chi connectivity index (χ0) is 20.5. The molecule has 1 aliphatic rings. The van der Waals surface area contributed by atoms with E-state index in [1.165, 1.54) is 38.3 Å². The number of methoxy groups -OCH3 is 1. The molecule has 2 aromatic rings. The molecule has 146 valence electrons. The number of ether oxygens (including phenoxy) is 1. The standard InChI is InChI=1S/C19H17FN2O5S/c1-12-18(13-3-9-16(27-2)10-4-13)28(25,26)22(19(12)24)11-17(23)21-15-7-5-14(20)6-8-15/h3-10H,11H2,1-2H3,(H,21,23). The molecule has 1 N–H and O–H groups in total. The molecule has 0 spiro atoms. The number of benzene rings is 2. The third-order valence-electron chi connectivity index (χ3n) is 4.20. The number of sulfonamides is 1. The summed E-state index contributed by atoms with van der Waals surface area (Å²) < 4.78 is 44.3. The molecular formula is C19H17FN2O5S. The highest BCUT2D eigenvalue weighted by molar-refractivity contribution is 7.99. The lowest BCUT2D eigenvalue weighted by Gasteiger charge is -2.16. The molecule has 28 heavy (non-hydrogen) atoms. The average Bonchev–Trinajstić information content (AvgIpc) is 2.83. The second kappa shape index (κ2) is 7.43. The number of carbonyl (C=O) groups excluding carboxylic acids is 2. The number of rotatable bonds is 5. The molecule has 2 aromatic carbocycles. The van der Waals surface area contributed by atoms with Gasteiger partial charge in [-0.15, -0.1) is 0 Å². The lowest BCUT2D eigenvalue weighted by molar-refractivity contribution is -0.126. The van der Waals surface area contributed by atoms with Crippen molar-refractivity contribution >= 4 is 32.4 Å². The van der Waals surface area contributed by atoms with E-state index in [0.29, 0.717) is 15.6 Å². The quantitative estimate of drug-likeness (QED) is 0.826. The van der Waals surface area contributed by atoms with Gasteiger partial charge in [0.1, 0.15) is 23.0 Å². The Morgan fingerprint density at radius 1 is 1.11 bits per heavy atom. The number of nitrogens with one attached hydrogen (secondary N) is 1. The van der Waals surface area contributed by atoms with E-state index in [9.17, 15) is 22.4 Å². The number of hydrogen-bond donors (Lipinski definition) is 1. The molecule has 3 rings (SSSR count). The minimum Gasteiger partial charge on any atom is -0.497 e. The van der Waals surface area contributed by atoms with Gasteiger partial charge in [-0.3, -0.25) is 9.59 Å². The normalized spacial score (nSPS) is 15.7. The van der Waals surface area contributed by atoms with E-state index >= 15 is 0 Å². The maximum Gasteiger partial charge on any atom is 0.268 e. The number of halogens is 1. The van der Waals surface area contributed by atoms with Gasteiger partial charge < -0.3 is 10.1 Å². The number of hydrogen-bond acceptors (Lipinski definition) is 5. The van der Waals surface area contributed by atoms with Crippen LogP contribution in [0.3, 0.4) is 0 Å². The van der Waals surface area contributed by atoms with Crippen molar-refractivity contribution in [2.75, 3.05) is 19.0 Å². The molecule has 1 aliphatic heterocycles. The maximum atomic E-state index is 12.9. The van der Waals surface area contributed by atoms with Gasteiger partial charge in [-0.2, -0.15) is 0 Å². The minimum absolute atomic E-state index is 0.0275. The summed E-state index contributed by atoms with van der Waals surface area (Å²) in [6.45, 7) is 0.715. The summed E-state index contributed by atoms with van der Waals surface area (Å²) >= 11 is 0. The molecule has 0 radical (unpaired) electrons. The van der Waals surface area contributed by atoms with Crippen LogP contribution in [0.15, 0.2) is 54.1 Å². The molecule has 0 atom stereocenters. The van der Waals surface area contributed by atoms with Crippen LogP contribution in [-0.4, -0.2) is 38.2 Å². The van der Waals surface area contributed by atoms with Crippen molar-refractivity contribution in [3.05, 3.63) is 65.5 Å². The van der Waals surface area contributed by atoms with Gasteiger partial charge in [0.2, 0.25) is 5.91 Å². The molecule has 0 fully saturated rings. The van der Waals surface area contributed by atoms with Crippen LogP contribution in [0.4, 0.5) is 10.1 Å². The zero-order valence-corrected chi connectivity index (χ0v) is 15.9. The lowest BCUT2D eigenvalue weighted by Crippen LogP contribution is -2.38. The highest BCUT2D eigenvalue weighted by Crippen LogP contribution is 2.35. The van der Waals surface area contributed by atoms with Gasteiger partial charge in [0.25, 0.3) is 15.9 Å². The van der Waals surface area contributed by atoms with Crippen molar-refractivity contribution in [3.63, 3.8) is 0 Å². The molecule has 9 heteroatoms. The van der Waals surface area contributed by atoms with Gasteiger partial charge in [-0.25, -0.2) is 17.1 Å². The Morgan fingerprint density at radius 2 is 1.71 bits per heavy atom. The van der Waals surface area contributed by atoms with Crippen molar-refractivity contribution < 1.29 is 27.1 Å². The van der Waals surface area contributed by atoms with Gasteiger partial charge in [-0.05, 0) is 61.0 Å². The Balaban J connectivity index is 1.83. The molecular weight excluding hydrogens is 387 g/mol. The Labute approximate surface area is 161 Å². The second-order valence-corrected chi connectivity index (χ2v) is 7.85. The Morgan fingerprint density at radius 3 is 2.29 bits per heavy atom. The predicted octanol–water partition coefficient (Wildman–Crippen LogP) is 2.38. The molecule has 0 aliphatic carbocycles. The zero-order valence-electron chi connectivity index (χ0n) is 15.1. The smallest absolute Gasteiger partial charge is 0.268 e. The minimum atomic E-state index is -4.19. The van der Waals surface area contributed by atoms with E-state index in [-0.39, 0.29) is 16.2 Å². The molecule has 0 unspecified atom stereocenters. The third kappa shape index (κ3) is 3.61. The van der Waals surface area contributed by atoms with Crippen LogP contribution in [0.25, 0.3) is 4.91 Å². The van der Waals surface area contributed by atoms with Gasteiger partial charge >= 0.3 is 0 Å². The van der Waals surface area contributed by atoms with Crippen LogP contribution in [0.1, 0.15) is 12.5 Å². The largest absolute Gasteiger partial charge is 0.497 e. The second-order valence-electron chi connectivity index (χ2n) is 6.05. The van der Waals surface area contributed by atoms with E-state index in [4.69, 9.17) is 4.74 Å². The fourth-order valence-electron chi connectivity index (χ4n) is 2.83. The number of carbonyl (C=O) groups is 2. The van der Waals surface area contributed by atoms with Crippen LogP contribution < -0.4 is 10.1 Å². The predicted molar refractivity (Wildman–Crippen MR) is 101 cm³/mol. The molecule has 0 aromatic heterocycles. The van der Waals surface area contributed by atoms with Crippen molar-refractivity contribution in [2.45, 2.75) is 6.92 Å². The molecule has 0 saturated carbocycles. The van der Waals surface area contributed by atoms with Crippen LogP contribution in [-0.2, 0) is 19.6 Å². The highest BCUT2D eigenvalue weighted by atomic mass is 32.2. The molecule has 1 heterocycles. The van der Waals surface area contributed by atoms with Gasteiger partial charge in [0.05, 0.1) is 7.11 Å². The first-order chi connectivity index (χ1) is 13.2. The van der Waals surface area contributed by atoms with Crippen molar-refractivity contribution in [1.29, 1.82) is 0 Å². The monoisotopic (exact) mass is 404 g/mol. The van der Waals surface area contributed by atoms with E-state index < -0.39 is 34.2 Å². The fourth-order valence-corrected chi connectivity index (χ4v) is 4.60. The summed E-state index contributed by atoms with van der Waals surface area (Å²) in [6.07, 6.45) is 0. The van der Waals surface area contributed by atoms with E-state index in [1.807, 2.05) is 0 Å². The lowest BCUT2D eigenvalue weighted by atomic mass is 10.1. The fraction of sp³-hybridized carbons (Fsp3) is 0.158. The first-order valence-electron chi connectivity index (χ1n) is 8.22. The van der Waals surface area contributed by atoms with Crippen molar-refractivity contribution in [3.8, 4) is 5.75 Å². The third-order valence-corrected chi connectivity index (χ3v) is 6.14. The Bertz CT molecular complexity index is 1060. The van der Waals surface area contributed by atoms with E-state index in [1.54, 1.807) is 12.1 Å². The number of anilines is 1. The van der Waals surface area contributed by atoms with Crippen molar-refractivity contribution in [1.82, 2.24) is 4.31 Å². The first kappa shape index (κ1) is 19.6. The van der Waals surface area contributed by atoms with Crippen LogP contribution in [0, 0.1) is 5.82 Å². The summed E-state index contributed by atoms with van der Waals surface area (Å²) in [4.78, 5) is 24.6. The maximum absolute atomic E-state index is 12.9. The molecule has 0 bridgehead atoms. The summed E-state index contributed by atoms with van der Waals surface area (Å²) in [7, 11) is -2.71. The highest BCUT2D eigenvalue weighted by Gasteiger charge is 2.43. The summed E-state index contributed by atoms with van der Waals surface area (Å²) in [5, 5.41) is 2.44. The summed E-state index contributed by atoms with van der Waals surface area (Å²) in [5.41, 5.74) is 0.642. The number of amides is 2. The Kier molecular flexibility index (Phi) is 5.19. The average molecular weight is 404 g/mol. The SMILES string of the molecule is COc1ccc(C2=C(C)C(=O)N(CC(=O)Nc3ccc(F)cc3)S2(=O)=O)cc1. The molecule has 7 nitrogen and oxygen atoms in total. The van der Waals surface area contributed by atoms with Gasteiger partial charge in [0, 0.05) is 11.3 Å². The molecule has 2 amide bonds. The summed E-state index contributed by atoms with van der Waals surface area (Å²) in [5.74, 6) is -1.41. The van der Waals surface area contributed by atoms with Crippen LogP contribution in [0.2, 0.25) is 0 Å². The first-order valence-corrected chi connectivity index (χ1v) is 9.66.